The SMILES string of the molecule is CSCCOc1cnc(-c2nccc(=O)[nH]2)nc1. The summed E-state index contributed by atoms with van der Waals surface area (Å²) >= 11 is 1.71. The van der Waals surface area contributed by atoms with Gasteiger partial charge in [-0.15, -0.1) is 0 Å². The Labute approximate surface area is 108 Å². The number of H-pyrrole nitrogens is 1. The summed E-state index contributed by atoms with van der Waals surface area (Å²) < 4.78 is 5.42. The highest BCUT2D eigenvalue weighted by Crippen LogP contribution is 2.11. The Morgan fingerprint density at radius 3 is 2.78 bits per heavy atom. The molecular weight excluding hydrogens is 252 g/mol. The summed E-state index contributed by atoms with van der Waals surface area (Å²) in [4.78, 5) is 25.9. The van der Waals surface area contributed by atoms with Crippen molar-refractivity contribution in [2.45, 2.75) is 0 Å². The zero-order valence-electron chi connectivity index (χ0n) is 9.79. The van der Waals surface area contributed by atoms with Crippen LogP contribution in [0.2, 0.25) is 0 Å². The maximum absolute atomic E-state index is 11.1. The van der Waals surface area contributed by atoms with Crippen LogP contribution in [0.3, 0.4) is 0 Å². The molecule has 0 aromatic carbocycles. The monoisotopic (exact) mass is 264 g/mol. The van der Waals surface area contributed by atoms with E-state index in [9.17, 15) is 4.79 Å². The van der Waals surface area contributed by atoms with E-state index >= 15 is 0 Å². The molecule has 7 heteroatoms. The summed E-state index contributed by atoms with van der Waals surface area (Å²) in [5.41, 5.74) is -0.233. The van der Waals surface area contributed by atoms with Crippen LogP contribution in [-0.4, -0.2) is 38.6 Å². The number of rotatable bonds is 5. The molecular formula is C11H12N4O2S. The van der Waals surface area contributed by atoms with Crippen molar-refractivity contribution in [3.8, 4) is 17.4 Å². The van der Waals surface area contributed by atoms with E-state index in [0.717, 1.165) is 5.75 Å². The Morgan fingerprint density at radius 1 is 1.33 bits per heavy atom. The Morgan fingerprint density at radius 2 is 2.11 bits per heavy atom. The van der Waals surface area contributed by atoms with E-state index in [1.54, 1.807) is 24.2 Å². The maximum Gasteiger partial charge on any atom is 0.251 e. The van der Waals surface area contributed by atoms with Gasteiger partial charge in [-0.2, -0.15) is 11.8 Å². The van der Waals surface area contributed by atoms with Gasteiger partial charge in [-0.1, -0.05) is 0 Å². The van der Waals surface area contributed by atoms with E-state index in [2.05, 4.69) is 19.9 Å². The molecule has 2 rings (SSSR count). The van der Waals surface area contributed by atoms with Crippen LogP contribution in [0, 0.1) is 0 Å². The number of aromatic nitrogens is 4. The van der Waals surface area contributed by atoms with Crippen molar-refractivity contribution in [3.63, 3.8) is 0 Å². The minimum absolute atomic E-state index is 0.233. The van der Waals surface area contributed by atoms with Crippen molar-refractivity contribution in [2.24, 2.45) is 0 Å². The Kier molecular flexibility index (Phi) is 4.30. The van der Waals surface area contributed by atoms with Gasteiger partial charge in [0.05, 0.1) is 19.0 Å². The predicted molar refractivity (Wildman–Crippen MR) is 69.8 cm³/mol. The standard InChI is InChI=1S/C11H12N4O2S/c1-18-5-4-17-8-6-13-10(14-7-8)11-12-3-2-9(16)15-11/h2-3,6-7H,4-5H2,1H3,(H,12,15,16). The second kappa shape index (κ2) is 6.15. The average Bonchev–Trinajstić information content (AvgIpc) is 2.40. The van der Waals surface area contributed by atoms with Gasteiger partial charge in [-0.25, -0.2) is 15.0 Å². The molecule has 1 N–H and O–H groups in total. The summed E-state index contributed by atoms with van der Waals surface area (Å²) in [5, 5.41) is 0. The van der Waals surface area contributed by atoms with Crippen LogP contribution in [0.5, 0.6) is 5.75 Å². The van der Waals surface area contributed by atoms with E-state index in [0.29, 0.717) is 24.0 Å². The molecule has 0 radical (unpaired) electrons. The van der Waals surface area contributed by atoms with Gasteiger partial charge in [0, 0.05) is 18.0 Å². The molecule has 94 valence electrons. The molecule has 0 saturated carbocycles. The fraction of sp³-hybridized carbons (Fsp3) is 0.273. The van der Waals surface area contributed by atoms with Crippen LogP contribution < -0.4 is 10.3 Å². The smallest absolute Gasteiger partial charge is 0.251 e. The maximum atomic E-state index is 11.1. The number of hydrogen-bond donors (Lipinski definition) is 1. The lowest BCUT2D eigenvalue weighted by Gasteiger charge is -2.04. The van der Waals surface area contributed by atoms with E-state index in [1.807, 2.05) is 6.26 Å². The Balaban J connectivity index is 2.10. The third-order valence-corrected chi connectivity index (χ3v) is 2.64. The van der Waals surface area contributed by atoms with Gasteiger partial charge < -0.3 is 9.72 Å². The fourth-order valence-electron chi connectivity index (χ4n) is 1.24. The zero-order valence-corrected chi connectivity index (χ0v) is 10.6. The van der Waals surface area contributed by atoms with E-state index < -0.39 is 0 Å². The Bertz CT molecular complexity index is 555. The molecule has 6 nitrogen and oxygen atoms in total. The van der Waals surface area contributed by atoms with Gasteiger partial charge in [-0.05, 0) is 6.26 Å². The van der Waals surface area contributed by atoms with Gasteiger partial charge in [0.25, 0.3) is 5.56 Å². The highest BCUT2D eigenvalue weighted by Gasteiger charge is 2.03. The minimum atomic E-state index is -0.233. The van der Waals surface area contributed by atoms with E-state index in [1.165, 1.54) is 12.3 Å². The van der Waals surface area contributed by atoms with Crippen LogP contribution in [0.1, 0.15) is 0 Å². The van der Waals surface area contributed by atoms with Crippen molar-refractivity contribution >= 4 is 11.8 Å². The topological polar surface area (TPSA) is 80.8 Å². The summed E-state index contributed by atoms with van der Waals surface area (Å²) in [5.74, 6) is 2.23. The lowest BCUT2D eigenvalue weighted by molar-refractivity contribution is 0.341. The molecule has 0 aliphatic heterocycles. The van der Waals surface area contributed by atoms with Crippen LogP contribution in [0.4, 0.5) is 0 Å². The second-order valence-electron chi connectivity index (χ2n) is 3.37. The molecule has 0 saturated heterocycles. The van der Waals surface area contributed by atoms with Gasteiger partial charge in [0.1, 0.15) is 0 Å². The third-order valence-electron chi connectivity index (χ3n) is 2.07. The van der Waals surface area contributed by atoms with Crippen molar-refractivity contribution in [2.75, 3.05) is 18.6 Å². The van der Waals surface area contributed by atoms with Crippen LogP contribution in [-0.2, 0) is 0 Å². The predicted octanol–water partition coefficient (Wildman–Crippen LogP) is 0.969. The van der Waals surface area contributed by atoms with Crippen molar-refractivity contribution < 1.29 is 4.74 Å². The van der Waals surface area contributed by atoms with Crippen LogP contribution >= 0.6 is 11.8 Å². The number of nitrogens with zero attached hydrogens (tertiary/aromatic N) is 3. The molecule has 0 spiro atoms. The summed E-state index contributed by atoms with van der Waals surface area (Å²) in [7, 11) is 0. The normalized spacial score (nSPS) is 10.3. The van der Waals surface area contributed by atoms with Crippen LogP contribution in [0.15, 0.2) is 29.5 Å². The first-order valence-electron chi connectivity index (χ1n) is 5.29. The van der Waals surface area contributed by atoms with Crippen molar-refractivity contribution in [1.29, 1.82) is 0 Å². The lowest BCUT2D eigenvalue weighted by Crippen LogP contribution is -2.07. The third kappa shape index (κ3) is 3.30. The number of aromatic amines is 1. The quantitative estimate of drug-likeness (QED) is 0.810. The molecule has 2 aromatic heterocycles. The minimum Gasteiger partial charge on any atom is -0.489 e. The molecule has 0 aliphatic rings. The zero-order chi connectivity index (χ0) is 12.8. The highest BCUT2D eigenvalue weighted by molar-refractivity contribution is 7.98. The molecule has 0 unspecified atom stereocenters. The Hall–Kier alpha value is -1.89. The molecule has 0 fully saturated rings. The molecule has 0 atom stereocenters. The molecule has 18 heavy (non-hydrogen) atoms. The largest absolute Gasteiger partial charge is 0.489 e. The second-order valence-corrected chi connectivity index (χ2v) is 4.35. The number of ether oxygens (including phenoxy) is 1. The van der Waals surface area contributed by atoms with E-state index in [-0.39, 0.29) is 5.56 Å². The highest BCUT2D eigenvalue weighted by atomic mass is 32.2. The first-order valence-corrected chi connectivity index (χ1v) is 6.68. The lowest BCUT2D eigenvalue weighted by atomic mass is 10.5. The molecule has 0 bridgehead atoms. The first kappa shape index (κ1) is 12.6. The van der Waals surface area contributed by atoms with Gasteiger partial charge >= 0.3 is 0 Å². The van der Waals surface area contributed by atoms with E-state index in [4.69, 9.17) is 4.74 Å². The number of thioether (sulfide) groups is 1. The first-order chi connectivity index (χ1) is 8.79. The fourth-order valence-corrected chi connectivity index (χ4v) is 1.49. The van der Waals surface area contributed by atoms with Gasteiger partial charge in [0.15, 0.2) is 17.4 Å². The summed E-state index contributed by atoms with van der Waals surface area (Å²) in [6.45, 7) is 0.615. The van der Waals surface area contributed by atoms with Crippen LogP contribution in [0.25, 0.3) is 11.6 Å². The number of nitrogens with one attached hydrogen (secondary N) is 1. The summed E-state index contributed by atoms with van der Waals surface area (Å²) in [6, 6.07) is 1.34. The van der Waals surface area contributed by atoms with Crippen molar-refractivity contribution in [3.05, 3.63) is 35.0 Å². The molecule has 2 aromatic rings. The molecule has 0 aliphatic carbocycles. The molecule has 2 heterocycles. The summed E-state index contributed by atoms with van der Waals surface area (Å²) in [6.07, 6.45) is 6.56. The van der Waals surface area contributed by atoms with Gasteiger partial charge in [0.2, 0.25) is 0 Å². The van der Waals surface area contributed by atoms with Crippen molar-refractivity contribution in [1.82, 2.24) is 19.9 Å². The number of hydrogen-bond acceptors (Lipinski definition) is 6. The average molecular weight is 264 g/mol. The van der Waals surface area contributed by atoms with Gasteiger partial charge in [-0.3, -0.25) is 4.79 Å². The molecule has 0 amide bonds.